The second kappa shape index (κ2) is 7.12. The van der Waals surface area contributed by atoms with Crippen molar-refractivity contribution in [1.29, 1.82) is 0 Å². The Labute approximate surface area is 119 Å². The van der Waals surface area contributed by atoms with Crippen molar-refractivity contribution in [2.75, 3.05) is 21.3 Å². The minimum Gasteiger partial charge on any atom is -0.497 e. The Bertz CT molecular complexity index is 519. The van der Waals surface area contributed by atoms with E-state index in [2.05, 4.69) is 17.4 Å². The van der Waals surface area contributed by atoms with Crippen molar-refractivity contribution >= 4 is 0 Å². The average Bonchev–Trinajstić information content (AvgIpc) is 2.94. The van der Waals surface area contributed by atoms with Gasteiger partial charge in [0.2, 0.25) is 0 Å². The van der Waals surface area contributed by atoms with Crippen LogP contribution in [0.3, 0.4) is 0 Å². The van der Waals surface area contributed by atoms with Crippen molar-refractivity contribution in [1.82, 2.24) is 5.32 Å². The summed E-state index contributed by atoms with van der Waals surface area (Å²) in [7, 11) is 5.27. The van der Waals surface area contributed by atoms with Gasteiger partial charge in [0.1, 0.15) is 23.9 Å². The molecule has 1 aromatic carbocycles. The van der Waals surface area contributed by atoms with Gasteiger partial charge in [-0.25, -0.2) is 0 Å². The normalized spacial score (nSPS) is 12.3. The molecule has 0 saturated heterocycles. The third kappa shape index (κ3) is 3.62. The molecule has 4 nitrogen and oxygen atoms in total. The van der Waals surface area contributed by atoms with Crippen LogP contribution in [0.5, 0.6) is 5.75 Å². The summed E-state index contributed by atoms with van der Waals surface area (Å²) in [5.41, 5.74) is 1.23. The second-order valence-corrected chi connectivity index (χ2v) is 4.63. The first-order valence-electron chi connectivity index (χ1n) is 6.64. The van der Waals surface area contributed by atoms with Crippen molar-refractivity contribution in [2.45, 2.75) is 19.1 Å². The maximum Gasteiger partial charge on any atom is 0.129 e. The molecule has 0 bridgehead atoms. The molecular weight excluding hydrogens is 254 g/mol. The standard InChI is InChI=1S/C16H21NO3/c1-17-15(16-9-8-14(20-16)11-18-2)10-12-4-6-13(19-3)7-5-12/h4-9,15,17H,10-11H2,1-3H3. The van der Waals surface area contributed by atoms with E-state index in [1.54, 1.807) is 14.2 Å². The van der Waals surface area contributed by atoms with Gasteiger partial charge in [0.25, 0.3) is 0 Å². The van der Waals surface area contributed by atoms with Gasteiger partial charge in [-0.05, 0) is 43.3 Å². The Kier molecular flexibility index (Phi) is 5.21. The summed E-state index contributed by atoms with van der Waals surface area (Å²) >= 11 is 0. The molecule has 4 heteroatoms. The van der Waals surface area contributed by atoms with Gasteiger partial charge in [0.05, 0.1) is 13.2 Å². The maximum absolute atomic E-state index is 5.78. The first-order chi connectivity index (χ1) is 9.76. The van der Waals surface area contributed by atoms with E-state index >= 15 is 0 Å². The Morgan fingerprint density at radius 2 is 1.85 bits per heavy atom. The number of hydrogen-bond acceptors (Lipinski definition) is 4. The van der Waals surface area contributed by atoms with Crippen LogP contribution < -0.4 is 10.1 Å². The van der Waals surface area contributed by atoms with Gasteiger partial charge >= 0.3 is 0 Å². The molecule has 0 aliphatic rings. The largest absolute Gasteiger partial charge is 0.497 e. The number of benzene rings is 1. The van der Waals surface area contributed by atoms with E-state index in [4.69, 9.17) is 13.9 Å². The van der Waals surface area contributed by atoms with Crippen LogP contribution in [0.4, 0.5) is 0 Å². The topological polar surface area (TPSA) is 43.6 Å². The van der Waals surface area contributed by atoms with E-state index in [0.29, 0.717) is 6.61 Å². The molecule has 1 atom stereocenters. The average molecular weight is 275 g/mol. The van der Waals surface area contributed by atoms with E-state index in [0.717, 1.165) is 23.7 Å². The molecule has 0 spiro atoms. The molecule has 0 amide bonds. The van der Waals surface area contributed by atoms with E-state index in [1.807, 2.05) is 31.3 Å². The number of ether oxygens (including phenoxy) is 2. The highest BCUT2D eigenvalue weighted by atomic mass is 16.5. The van der Waals surface area contributed by atoms with E-state index in [9.17, 15) is 0 Å². The van der Waals surface area contributed by atoms with Gasteiger partial charge in [-0.15, -0.1) is 0 Å². The smallest absolute Gasteiger partial charge is 0.129 e. The molecule has 0 aliphatic heterocycles. The highest BCUT2D eigenvalue weighted by Crippen LogP contribution is 2.22. The maximum atomic E-state index is 5.78. The predicted molar refractivity (Wildman–Crippen MR) is 77.9 cm³/mol. The van der Waals surface area contributed by atoms with Gasteiger partial charge < -0.3 is 19.2 Å². The molecule has 0 saturated carbocycles. The van der Waals surface area contributed by atoms with Crippen LogP contribution >= 0.6 is 0 Å². The summed E-state index contributed by atoms with van der Waals surface area (Å²) in [5.74, 6) is 2.64. The number of furan rings is 1. The number of hydrogen-bond donors (Lipinski definition) is 1. The summed E-state index contributed by atoms with van der Waals surface area (Å²) in [4.78, 5) is 0. The summed E-state index contributed by atoms with van der Waals surface area (Å²) in [6.45, 7) is 0.499. The lowest BCUT2D eigenvalue weighted by Crippen LogP contribution is -2.18. The van der Waals surface area contributed by atoms with Crippen LogP contribution in [0.25, 0.3) is 0 Å². The number of nitrogens with one attached hydrogen (secondary N) is 1. The van der Waals surface area contributed by atoms with E-state index in [1.165, 1.54) is 5.56 Å². The van der Waals surface area contributed by atoms with Crippen molar-refractivity contribution in [3.05, 3.63) is 53.5 Å². The van der Waals surface area contributed by atoms with Crippen LogP contribution in [0.15, 0.2) is 40.8 Å². The fourth-order valence-corrected chi connectivity index (χ4v) is 2.14. The Balaban J connectivity index is 2.06. The third-order valence-corrected chi connectivity index (χ3v) is 3.26. The van der Waals surface area contributed by atoms with E-state index < -0.39 is 0 Å². The summed E-state index contributed by atoms with van der Waals surface area (Å²) in [6, 6.07) is 12.2. The zero-order valence-corrected chi connectivity index (χ0v) is 12.2. The minimum absolute atomic E-state index is 0.147. The summed E-state index contributed by atoms with van der Waals surface area (Å²) in [6.07, 6.45) is 0.862. The van der Waals surface area contributed by atoms with Gasteiger partial charge in [-0.3, -0.25) is 0 Å². The fraction of sp³-hybridized carbons (Fsp3) is 0.375. The van der Waals surface area contributed by atoms with Crippen LogP contribution in [0, 0.1) is 0 Å². The molecule has 2 aromatic rings. The van der Waals surface area contributed by atoms with Gasteiger partial charge in [0.15, 0.2) is 0 Å². The molecule has 1 N–H and O–H groups in total. The molecule has 20 heavy (non-hydrogen) atoms. The van der Waals surface area contributed by atoms with Crippen LogP contribution in [0.2, 0.25) is 0 Å². The highest BCUT2D eigenvalue weighted by molar-refractivity contribution is 5.28. The Morgan fingerprint density at radius 3 is 2.45 bits per heavy atom. The molecule has 0 radical (unpaired) electrons. The van der Waals surface area contributed by atoms with Crippen LogP contribution in [-0.2, 0) is 17.8 Å². The summed E-state index contributed by atoms with van der Waals surface area (Å²) in [5, 5.41) is 3.29. The number of likely N-dealkylation sites (N-methyl/N-ethyl adjacent to an activating group) is 1. The Hall–Kier alpha value is -1.78. The highest BCUT2D eigenvalue weighted by Gasteiger charge is 2.14. The first-order valence-corrected chi connectivity index (χ1v) is 6.64. The van der Waals surface area contributed by atoms with E-state index in [-0.39, 0.29) is 6.04 Å². The quantitative estimate of drug-likeness (QED) is 0.843. The van der Waals surface area contributed by atoms with Gasteiger partial charge in [-0.1, -0.05) is 12.1 Å². The lowest BCUT2D eigenvalue weighted by molar-refractivity contribution is 0.161. The molecule has 108 valence electrons. The lowest BCUT2D eigenvalue weighted by Gasteiger charge is -2.14. The fourth-order valence-electron chi connectivity index (χ4n) is 2.14. The van der Waals surface area contributed by atoms with Crippen molar-refractivity contribution < 1.29 is 13.9 Å². The number of rotatable bonds is 7. The lowest BCUT2D eigenvalue weighted by atomic mass is 10.0. The molecular formula is C16H21NO3. The zero-order chi connectivity index (χ0) is 14.4. The van der Waals surface area contributed by atoms with Crippen molar-refractivity contribution in [2.24, 2.45) is 0 Å². The van der Waals surface area contributed by atoms with Crippen molar-refractivity contribution in [3.8, 4) is 5.75 Å². The molecule has 1 aromatic heterocycles. The molecule has 0 aliphatic carbocycles. The van der Waals surface area contributed by atoms with Crippen LogP contribution in [-0.4, -0.2) is 21.3 Å². The minimum atomic E-state index is 0.147. The SMILES string of the molecule is CNC(Cc1ccc(OC)cc1)c1ccc(COC)o1. The van der Waals surface area contributed by atoms with Gasteiger partial charge in [0, 0.05) is 7.11 Å². The monoisotopic (exact) mass is 275 g/mol. The summed E-state index contributed by atoms with van der Waals surface area (Å²) < 4.78 is 16.0. The second-order valence-electron chi connectivity index (χ2n) is 4.63. The molecule has 1 heterocycles. The van der Waals surface area contributed by atoms with Crippen LogP contribution in [0.1, 0.15) is 23.1 Å². The van der Waals surface area contributed by atoms with Crippen molar-refractivity contribution in [3.63, 3.8) is 0 Å². The Morgan fingerprint density at radius 1 is 1.10 bits per heavy atom. The first kappa shape index (κ1) is 14.6. The molecule has 1 unspecified atom stereocenters. The predicted octanol–water partition coefficient (Wildman–Crippen LogP) is 2.94. The molecule has 0 fully saturated rings. The zero-order valence-electron chi connectivity index (χ0n) is 12.2. The number of methoxy groups -OCH3 is 2. The molecule has 2 rings (SSSR count). The van der Waals surface area contributed by atoms with Gasteiger partial charge in [-0.2, -0.15) is 0 Å². The third-order valence-electron chi connectivity index (χ3n) is 3.26.